The minimum absolute atomic E-state index is 0. The smallest absolute Gasteiger partial charge is 0 e. The Morgan fingerprint density at radius 1 is 0.609 bits per heavy atom. The van der Waals surface area contributed by atoms with Crippen LogP contribution in [0.5, 0.6) is 0 Å². The van der Waals surface area contributed by atoms with Gasteiger partial charge in [0.15, 0.2) is 0 Å². The Balaban J connectivity index is 0. The predicted molar refractivity (Wildman–Crippen MR) is 87.3 cm³/mol. The van der Waals surface area contributed by atoms with Crippen LogP contribution in [-0.4, -0.2) is 0 Å². The second-order valence-corrected chi connectivity index (χ2v) is 4.31. The number of rotatable bonds is 0. The zero-order chi connectivity index (χ0) is 14.2. The fourth-order valence-corrected chi connectivity index (χ4v) is 2.14. The molecule has 0 saturated heterocycles. The van der Waals surface area contributed by atoms with E-state index in [0.29, 0.717) is 0 Å². The number of hydrogen-bond acceptors (Lipinski definition) is 0. The van der Waals surface area contributed by atoms with Crippen molar-refractivity contribution in [3.05, 3.63) is 91.4 Å². The molecule has 0 nitrogen and oxygen atoms in total. The topological polar surface area (TPSA) is 0 Å². The predicted octanol–water partition coefficient (Wildman–Crippen LogP) is -0.671. The van der Waals surface area contributed by atoms with Crippen molar-refractivity contribution in [1.29, 1.82) is 0 Å². The largest absolute Gasteiger partial charge is 1.00 e. The van der Waals surface area contributed by atoms with Gasteiger partial charge in [-0.05, 0) is 0 Å². The molecule has 0 saturated carbocycles. The Morgan fingerprint density at radius 2 is 0.957 bits per heavy atom. The fraction of sp³-hybridized carbons (Fsp3) is 0. The van der Waals surface area contributed by atoms with E-state index in [-0.39, 0.29) is 50.7 Å². The third kappa shape index (κ3) is 6.75. The molecule has 0 atom stereocenters. The minimum Gasteiger partial charge on any atom is -1.00 e. The molecule has 0 spiro atoms. The van der Waals surface area contributed by atoms with E-state index >= 15 is 0 Å². The van der Waals surface area contributed by atoms with Crippen LogP contribution in [0.1, 0.15) is 0 Å². The molecule has 118 valence electrons. The molecule has 0 aliphatic rings. The Labute approximate surface area is 169 Å². The second-order valence-electron chi connectivity index (χ2n) is 4.31. The molecule has 0 aliphatic carbocycles. The van der Waals surface area contributed by atoms with Crippen molar-refractivity contribution in [2.75, 3.05) is 0 Å². The summed E-state index contributed by atoms with van der Waals surface area (Å²) in [4.78, 5) is 0. The summed E-state index contributed by atoms with van der Waals surface area (Å²) in [6.07, 6.45) is 9.00. The van der Waals surface area contributed by atoms with Gasteiger partial charge in [0, 0.05) is 25.8 Å². The van der Waals surface area contributed by atoms with Crippen LogP contribution < -0.4 is 24.8 Å². The van der Waals surface area contributed by atoms with Crippen molar-refractivity contribution in [3.63, 3.8) is 0 Å². The Kier molecular flexibility index (Phi) is 13.7. The maximum atomic E-state index is 5.25. The maximum Gasteiger partial charge on any atom is 0 e. The third-order valence-electron chi connectivity index (χ3n) is 3.10. The first-order valence-electron chi connectivity index (χ1n) is 6.43. The summed E-state index contributed by atoms with van der Waals surface area (Å²) in [7, 11) is 0. The number of benzene rings is 2. The average Bonchev–Trinajstić information content (AvgIpc) is 3.18. The molecule has 0 aromatic heterocycles. The van der Waals surface area contributed by atoms with Crippen LogP contribution in [0.2, 0.25) is 0 Å². The van der Waals surface area contributed by atoms with E-state index in [0.717, 1.165) is 0 Å². The summed E-state index contributed by atoms with van der Waals surface area (Å²) in [6.45, 7) is 0. The molecule has 0 unspecified atom stereocenters. The molecular weight excluding hydrogens is 490 g/mol. The molecule has 23 heavy (non-hydrogen) atoms. The van der Waals surface area contributed by atoms with E-state index < -0.39 is 0 Å². The minimum atomic E-state index is 0. The second kappa shape index (κ2) is 13.1. The van der Waals surface area contributed by atoms with Crippen molar-refractivity contribution in [1.82, 2.24) is 0 Å². The molecule has 4 aromatic rings. The van der Waals surface area contributed by atoms with Gasteiger partial charge in [0.2, 0.25) is 0 Å². The SMILES string of the molecule is [C-]#C.[Cl-].[Cl-].[Hf].c1ccc2[cH-]ccc2c1.c1ccc2[cH-]ccc2c1. The normalized spacial score (nSPS) is 8.09. The summed E-state index contributed by atoms with van der Waals surface area (Å²) in [6, 6.07) is 29.3. The Bertz CT molecular complexity index is 670. The summed E-state index contributed by atoms with van der Waals surface area (Å²) >= 11 is 0. The molecule has 4 aromatic carbocycles. The van der Waals surface area contributed by atoms with Crippen LogP contribution in [0, 0.1) is 12.8 Å². The zero-order valence-corrected chi connectivity index (χ0v) is 17.5. The van der Waals surface area contributed by atoms with Crippen LogP contribution in [0.15, 0.2) is 84.9 Å². The van der Waals surface area contributed by atoms with E-state index in [4.69, 9.17) is 6.42 Å². The van der Waals surface area contributed by atoms with Gasteiger partial charge < -0.3 is 37.7 Å². The van der Waals surface area contributed by atoms with Gasteiger partial charge in [0.1, 0.15) is 0 Å². The van der Waals surface area contributed by atoms with Crippen LogP contribution in [0.3, 0.4) is 0 Å². The first-order valence-corrected chi connectivity index (χ1v) is 6.43. The summed E-state index contributed by atoms with van der Waals surface area (Å²) in [5.41, 5.74) is 0. The van der Waals surface area contributed by atoms with Gasteiger partial charge in [-0.25, -0.2) is 0 Å². The van der Waals surface area contributed by atoms with Gasteiger partial charge in [-0.2, -0.15) is 35.0 Å². The van der Waals surface area contributed by atoms with Crippen LogP contribution in [0.25, 0.3) is 21.5 Å². The fourth-order valence-electron chi connectivity index (χ4n) is 2.14. The van der Waals surface area contributed by atoms with Crippen molar-refractivity contribution in [3.8, 4) is 6.42 Å². The van der Waals surface area contributed by atoms with Crippen molar-refractivity contribution in [2.45, 2.75) is 0 Å². The standard InChI is InChI=1S/2C9H7.C2H.2ClH.Hf/c2*1-2-5-9-7-3-6-8(9)4-1;1-2;;;/h2*1-7H;1H;2*1H;/q3*-1;;;/p-2. The number of halogens is 2. The maximum absolute atomic E-state index is 5.25. The molecule has 4 rings (SSSR count). The van der Waals surface area contributed by atoms with Gasteiger partial charge >= 0.3 is 0 Å². The van der Waals surface area contributed by atoms with E-state index in [2.05, 4.69) is 91.4 Å². The van der Waals surface area contributed by atoms with E-state index in [1.165, 1.54) is 21.5 Å². The van der Waals surface area contributed by atoms with E-state index in [1.54, 1.807) is 0 Å². The van der Waals surface area contributed by atoms with E-state index in [1.807, 2.05) is 0 Å². The molecule has 0 heterocycles. The summed E-state index contributed by atoms with van der Waals surface area (Å²) < 4.78 is 0. The van der Waals surface area contributed by atoms with Crippen molar-refractivity contribution in [2.24, 2.45) is 0 Å². The molecule has 0 amide bonds. The van der Waals surface area contributed by atoms with Crippen molar-refractivity contribution < 1.29 is 50.7 Å². The summed E-state index contributed by atoms with van der Waals surface area (Å²) in [5.74, 6) is 0. The molecule has 0 fully saturated rings. The van der Waals surface area contributed by atoms with Crippen LogP contribution >= 0.6 is 0 Å². The quantitative estimate of drug-likeness (QED) is 0.169. The molecule has 0 N–H and O–H groups in total. The Morgan fingerprint density at radius 3 is 1.30 bits per heavy atom. The molecule has 0 bridgehead atoms. The monoisotopic (exact) mass is 505 g/mol. The number of fused-ring (bicyclic) bond motifs is 2. The Hall–Kier alpha value is -1.33. The molecule has 0 aliphatic heterocycles. The molecular formula is C20H15Cl2Hf-5. The first-order chi connectivity index (χ1) is 9.93. The van der Waals surface area contributed by atoms with Gasteiger partial charge in [-0.15, -0.1) is 59.3 Å². The number of terminal acetylenes is 1. The third-order valence-corrected chi connectivity index (χ3v) is 3.10. The zero-order valence-electron chi connectivity index (χ0n) is 12.4. The first kappa shape index (κ1) is 23.9. The van der Waals surface area contributed by atoms with E-state index in [9.17, 15) is 0 Å². The van der Waals surface area contributed by atoms with Gasteiger partial charge in [0.25, 0.3) is 0 Å². The van der Waals surface area contributed by atoms with Gasteiger partial charge in [0.05, 0.1) is 0 Å². The van der Waals surface area contributed by atoms with Gasteiger partial charge in [-0.3, -0.25) is 0 Å². The molecule has 0 radical (unpaired) electrons. The van der Waals surface area contributed by atoms with Crippen LogP contribution in [0.4, 0.5) is 0 Å². The number of hydrogen-bond donors (Lipinski definition) is 0. The molecule has 3 heteroatoms. The van der Waals surface area contributed by atoms with Crippen molar-refractivity contribution >= 4 is 21.5 Å². The average molecular weight is 505 g/mol. The summed E-state index contributed by atoms with van der Waals surface area (Å²) in [5, 5.41) is 5.32. The van der Waals surface area contributed by atoms with Crippen LogP contribution in [-0.2, 0) is 25.8 Å². The van der Waals surface area contributed by atoms with Gasteiger partial charge in [-0.1, -0.05) is 12.1 Å².